The summed E-state index contributed by atoms with van der Waals surface area (Å²) < 4.78 is 5.34. The second-order valence-corrected chi connectivity index (χ2v) is 5.50. The van der Waals surface area contributed by atoms with Gasteiger partial charge in [-0.05, 0) is 37.6 Å². The topological polar surface area (TPSA) is 29.5 Å². The van der Waals surface area contributed by atoms with Gasteiger partial charge in [0.15, 0.2) is 0 Å². The van der Waals surface area contributed by atoms with E-state index in [2.05, 4.69) is 19.1 Å². The summed E-state index contributed by atoms with van der Waals surface area (Å²) in [7, 11) is 1.63. The molecular weight excluding hydrogens is 256 g/mol. The molecule has 0 fully saturated rings. The number of aliphatic hydroxyl groups excluding tert-OH is 1. The van der Waals surface area contributed by atoms with Crippen LogP contribution in [0.3, 0.4) is 0 Å². The summed E-state index contributed by atoms with van der Waals surface area (Å²) in [6, 6.07) is 14.1. The third-order valence-electron chi connectivity index (χ3n) is 2.98. The van der Waals surface area contributed by atoms with Crippen molar-refractivity contribution in [3.63, 3.8) is 0 Å². The highest BCUT2D eigenvalue weighted by Gasteiger charge is 2.15. The molecule has 0 radical (unpaired) electrons. The predicted octanol–water partition coefficient (Wildman–Crippen LogP) is 4.21. The van der Waals surface area contributed by atoms with Gasteiger partial charge < -0.3 is 9.84 Å². The van der Waals surface area contributed by atoms with Gasteiger partial charge in [0.1, 0.15) is 5.75 Å². The number of hydrogen-bond acceptors (Lipinski definition) is 3. The van der Waals surface area contributed by atoms with Gasteiger partial charge >= 0.3 is 0 Å². The molecule has 0 amide bonds. The second kappa shape index (κ2) is 6.13. The summed E-state index contributed by atoms with van der Waals surface area (Å²) in [5, 5.41) is 9.97. The molecule has 2 nitrogen and oxygen atoms in total. The average Bonchev–Trinajstić information content (AvgIpc) is 2.40. The summed E-state index contributed by atoms with van der Waals surface area (Å²) >= 11 is 1.66. The SMILES string of the molecule is COc1cccc(Sc2ccccc2C)c1[C@H](C)O. The zero-order valence-electron chi connectivity index (χ0n) is 11.4. The fraction of sp³-hybridized carbons (Fsp3) is 0.250. The zero-order valence-corrected chi connectivity index (χ0v) is 12.2. The van der Waals surface area contributed by atoms with Crippen LogP contribution in [0.4, 0.5) is 0 Å². The van der Waals surface area contributed by atoms with E-state index in [4.69, 9.17) is 4.74 Å². The lowest BCUT2D eigenvalue weighted by Gasteiger charge is -2.16. The highest BCUT2D eigenvalue weighted by atomic mass is 32.2. The first-order valence-electron chi connectivity index (χ1n) is 6.22. The Bertz CT molecular complexity index is 564. The Hall–Kier alpha value is -1.45. The van der Waals surface area contributed by atoms with Crippen LogP contribution in [-0.4, -0.2) is 12.2 Å². The van der Waals surface area contributed by atoms with Gasteiger partial charge in [0, 0.05) is 15.4 Å². The lowest BCUT2D eigenvalue weighted by molar-refractivity contribution is 0.191. The Morgan fingerprint density at radius 3 is 2.37 bits per heavy atom. The van der Waals surface area contributed by atoms with Crippen LogP contribution in [0, 0.1) is 6.92 Å². The molecule has 2 aromatic rings. The van der Waals surface area contributed by atoms with Gasteiger partial charge in [-0.25, -0.2) is 0 Å². The van der Waals surface area contributed by atoms with E-state index in [1.165, 1.54) is 10.5 Å². The average molecular weight is 274 g/mol. The number of hydrogen-bond donors (Lipinski definition) is 1. The summed E-state index contributed by atoms with van der Waals surface area (Å²) in [5.41, 5.74) is 2.07. The van der Waals surface area contributed by atoms with Crippen molar-refractivity contribution < 1.29 is 9.84 Å². The zero-order chi connectivity index (χ0) is 13.8. The molecule has 19 heavy (non-hydrogen) atoms. The van der Waals surface area contributed by atoms with E-state index in [0.717, 1.165) is 16.2 Å². The molecule has 0 bridgehead atoms. The van der Waals surface area contributed by atoms with Gasteiger partial charge in [0.25, 0.3) is 0 Å². The quantitative estimate of drug-likeness (QED) is 0.905. The van der Waals surface area contributed by atoms with Crippen LogP contribution in [0.2, 0.25) is 0 Å². The van der Waals surface area contributed by atoms with Crippen LogP contribution in [0.15, 0.2) is 52.3 Å². The molecule has 0 saturated carbocycles. The normalized spacial score (nSPS) is 12.2. The fourth-order valence-corrected chi connectivity index (χ4v) is 3.13. The Kier molecular flexibility index (Phi) is 4.51. The minimum absolute atomic E-state index is 0.553. The summed E-state index contributed by atoms with van der Waals surface area (Å²) in [5.74, 6) is 0.730. The molecule has 0 heterocycles. The van der Waals surface area contributed by atoms with Crippen LogP contribution in [0.25, 0.3) is 0 Å². The van der Waals surface area contributed by atoms with Gasteiger partial charge in [-0.2, -0.15) is 0 Å². The number of aliphatic hydroxyl groups is 1. The molecule has 0 aliphatic heterocycles. The third-order valence-corrected chi connectivity index (χ3v) is 4.23. The smallest absolute Gasteiger partial charge is 0.125 e. The number of methoxy groups -OCH3 is 1. The van der Waals surface area contributed by atoms with Crippen molar-refractivity contribution in [3.05, 3.63) is 53.6 Å². The highest BCUT2D eigenvalue weighted by Crippen LogP contribution is 2.39. The molecule has 100 valence electrons. The molecule has 3 heteroatoms. The van der Waals surface area contributed by atoms with E-state index in [1.807, 2.05) is 30.3 Å². The second-order valence-electron chi connectivity index (χ2n) is 4.42. The molecule has 0 aliphatic rings. The summed E-state index contributed by atoms with van der Waals surface area (Å²) in [6.45, 7) is 3.85. The van der Waals surface area contributed by atoms with Crippen molar-refractivity contribution in [1.29, 1.82) is 0 Å². The molecule has 1 atom stereocenters. The molecule has 0 unspecified atom stereocenters. The van der Waals surface area contributed by atoms with Crippen LogP contribution in [0.5, 0.6) is 5.75 Å². The Balaban J connectivity index is 2.43. The van der Waals surface area contributed by atoms with Gasteiger partial charge in [0.2, 0.25) is 0 Å². The van der Waals surface area contributed by atoms with Gasteiger partial charge in [-0.3, -0.25) is 0 Å². The minimum atomic E-state index is -0.553. The monoisotopic (exact) mass is 274 g/mol. The van der Waals surface area contributed by atoms with Crippen molar-refractivity contribution in [2.75, 3.05) is 7.11 Å². The Morgan fingerprint density at radius 2 is 1.74 bits per heavy atom. The van der Waals surface area contributed by atoms with E-state index in [9.17, 15) is 5.11 Å². The fourth-order valence-electron chi connectivity index (χ4n) is 1.99. The highest BCUT2D eigenvalue weighted by molar-refractivity contribution is 7.99. The van der Waals surface area contributed by atoms with Crippen molar-refractivity contribution in [2.45, 2.75) is 29.7 Å². The first kappa shape index (κ1) is 14.0. The van der Waals surface area contributed by atoms with Crippen molar-refractivity contribution in [3.8, 4) is 5.75 Å². The van der Waals surface area contributed by atoms with Crippen molar-refractivity contribution >= 4 is 11.8 Å². The van der Waals surface area contributed by atoms with E-state index in [1.54, 1.807) is 25.8 Å². The van der Waals surface area contributed by atoms with E-state index < -0.39 is 6.10 Å². The summed E-state index contributed by atoms with van der Waals surface area (Å²) in [6.07, 6.45) is -0.553. The molecule has 0 spiro atoms. The predicted molar refractivity (Wildman–Crippen MR) is 78.9 cm³/mol. The Morgan fingerprint density at radius 1 is 1.05 bits per heavy atom. The maximum absolute atomic E-state index is 9.97. The van der Waals surface area contributed by atoms with E-state index >= 15 is 0 Å². The lowest BCUT2D eigenvalue weighted by atomic mass is 10.1. The largest absolute Gasteiger partial charge is 0.496 e. The molecule has 0 aliphatic carbocycles. The third kappa shape index (κ3) is 3.11. The van der Waals surface area contributed by atoms with Crippen LogP contribution in [0.1, 0.15) is 24.2 Å². The van der Waals surface area contributed by atoms with Gasteiger partial charge in [-0.1, -0.05) is 36.0 Å². The summed E-state index contributed by atoms with van der Waals surface area (Å²) in [4.78, 5) is 2.22. The van der Waals surface area contributed by atoms with Crippen LogP contribution < -0.4 is 4.74 Å². The van der Waals surface area contributed by atoms with Crippen LogP contribution in [-0.2, 0) is 0 Å². The molecule has 2 aromatic carbocycles. The molecule has 0 saturated heterocycles. The standard InChI is InChI=1S/C16H18O2S/c1-11-7-4-5-9-14(11)19-15-10-6-8-13(18-3)16(15)12(2)17/h4-10,12,17H,1-3H3/t12-/m0/s1. The maximum atomic E-state index is 9.97. The number of ether oxygens (including phenoxy) is 1. The Labute approximate surface area is 118 Å². The van der Waals surface area contributed by atoms with Crippen LogP contribution >= 0.6 is 11.8 Å². The van der Waals surface area contributed by atoms with E-state index in [0.29, 0.717) is 0 Å². The van der Waals surface area contributed by atoms with Crippen molar-refractivity contribution in [1.82, 2.24) is 0 Å². The molecule has 1 N–H and O–H groups in total. The van der Waals surface area contributed by atoms with E-state index in [-0.39, 0.29) is 0 Å². The molecule has 0 aromatic heterocycles. The first-order chi connectivity index (χ1) is 9.13. The maximum Gasteiger partial charge on any atom is 0.125 e. The number of benzene rings is 2. The van der Waals surface area contributed by atoms with Gasteiger partial charge in [0.05, 0.1) is 13.2 Å². The molecular formula is C16H18O2S. The van der Waals surface area contributed by atoms with Crippen molar-refractivity contribution in [2.24, 2.45) is 0 Å². The lowest BCUT2D eigenvalue weighted by Crippen LogP contribution is -1.99. The molecule has 2 rings (SSSR count). The first-order valence-corrected chi connectivity index (χ1v) is 7.03. The number of aryl methyl sites for hydroxylation is 1. The number of rotatable bonds is 4. The van der Waals surface area contributed by atoms with Gasteiger partial charge in [-0.15, -0.1) is 0 Å². The minimum Gasteiger partial charge on any atom is -0.496 e.